The fourth-order valence-corrected chi connectivity index (χ4v) is 1.30. The Morgan fingerprint density at radius 1 is 1.30 bits per heavy atom. The monoisotopic (exact) mass is 281 g/mol. The molecule has 0 bridgehead atoms. The molecule has 3 N–H and O–H groups in total. The highest BCUT2D eigenvalue weighted by Gasteiger charge is 2.13. The van der Waals surface area contributed by atoms with Crippen LogP contribution >= 0.6 is 0 Å². The summed E-state index contributed by atoms with van der Waals surface area (Å²) < 4.78 is 5.10. The second kappa shape index (κ2) is 7.72. The zero-order valence-corrected chi connectivity index (χ0v) is 10.9. The number of amides is 2. The number of nitrogens with one attached hydrogen (secondary N) is 2. The van der Waals surface area contributed by atoms with Gasteiger partial charge in [-0.05, 0) is 12.1 Å². The number of carbonyl (C=O) groups excluding carboxylic acids is 2. The van der Waals surface area contributed by atoms with E-state index in [0.29, 0.717) is 6.54 Å². The van der Waals surface area contributed by atoms with Crippen LogP contribution < -0.4 is 15.4 Å². The summed E-state index contributed by atoms with van der Waals surface area (Å²) in [5.41, 5.74) is -0.251. The number of carbonyl (C=O) groups is 3. The number of carboxylic acids is 1. The highest BCUT2D eigenvalue weighted by molar-refractivity contribution is 5.88. The molecule has 1 aromatic rings. The van der Waals surface area contributed by atoms with Gasteiger partial charge in [0.15, 0.2) is 18.1 Å². The van der Waals surface area contributed by atoms with E-state index in [1.807, 2.05) is 0 Å². The first-order valence-electron chi connectivity index (χ1n) is 5.83. The summed E-state index contributed by atoms with van der Waals surface area (Å²) >= 11 is 0. The Morgan fingerprint density at radius 2 is 2.00 bits per heavy atom. The third-order valence-corrected chi connectivity index (χ3v) is 2.15. The molecule has 0 aromatic carbocycles. The molecule has 0 fully saturated rings. The number of aromatic nitrogens is 1. The summed E-state index contributed by atoms with van der Waals surface area (Å²) in [7, 11) is 0. The Hall–Kier alpha value is -2.64. The zero-order valence-electron chi connectivity index (χ0n) is 10.9. The van der Waals surface area contributed by atoms with E-state index in [4.69, 9.17) is 9.84 Å². The normalized spacial score (nSPS) is 9.65. The van der Waals surface area contributed by atoms with E-state index in [9.17, 15) is 14.4 Å². The van der Waals surface area contributed by atoms with Crippen molar-refractivity contribution in [3.05, 3.63) is 24.0 Å². The molecule has 2 amide bonds. The summed E-state index contributed by atoms with van der Waals surface area (Å²) in [5.74, 6) is -1.81. The molecule has 8 heteroatoms. The van der Waals surface area contributed by atoms with Crippen molar-refractivity contribution < 1.29 is 24.2 Å². The molecular formula is C12H15N3O5. The van der Waals surface area contributed by atoms with Crippen molar-refractivity contribution in [3.63, 3.8) is 0 Å². The van der Waals surface area contributed by atoms with Gasteiger partial charge >= 0.3 is 5.97 Å². The van der Waals surface area contributed by atoms with Gasteiger partial charge in [0, 0.05) is 26.2 Å². The van der Waals surface area contributed by atoms with E-state index in [-0.39, 0.29) is 30.5 Å². The van der Waals surface area contributed by atoms with Crippen molar-refractivity contribution in [3.8, 4) is 5.75 Å². The van der Waals surface area contributed by atoms with Crippen LogP contribution in [-0.2, 0) is 9.59 Å². The zero-order chi connectivity index (χ0) is 15.0. The van der Waals surface area contributed by atoms with Gasteiger partial charge in [0.1, 0.15) is 0 Å². The number of carboxylic acid groups (broad SMARTS) is 1. The quantitative estimate of drug-likeness (QED) is 0.575. The van der Waals surface area contributed by atoms with Gasteiger partial charge in [0.25, 0.3) is 5.91 Å². The Balaban J connectivity index is 2.38. The van der Waals surface area contributed by atoms with Gasteiger partial charge in [-0.3, -0.25) is 9.59 Å². The molecule has 0 spiro atoms. The smallest absolute Gasteiger partial charge is 0.358 e. The number of aromatic carboxylic acids is 1. The van der Waals surface area contributed by atoms with E-state index in [1.165, 1.54) is 25.3 Å². The minimum absolute atomic E-state index is 0.0250. The lowest BCUT2D eigenvalue weighted by Crippen LogP contribution is -2.36. The van der Waals surface area contributed by atoms with E-state index >= 15 is 0 Å². The van der Waals surface area contributed by atoms with Crippen LogP contribution in [0.1, 0.15) is 17.4 Å². The molecule has 0 saturated heterocycles. The van der Waals surface area contributed by atoms with Crippen LogP contribution in [0.25, 0.3) is 0 Å². The van der Waals surface area contributed by atoms with Gasteiger partial charge in [-0.15, -0.1) is 0 Å². The predicted molar refractivity (Wildman–Crippen MR) is 68.4 cm³/mol. The number of hydrogen-bond donors (Lipinski definition) is 3. The SMILES string of the molecule is CC(=O)NCCNC(=O)COc1cccnc1C(=O)O. The van der Waals surface area contributed by atoms with Crippen molar-refractivity contribution >= 4 is 17.8 Å². The lowest BCUT2D eigenvalue weighted by atomic mass is 10.3. The van der Waals surface area contributed by atoms with Crippen molar-refractivity contribution in [2.75, 3.05) is 19.7 Å². The van der Waals surface area contributed by atoms with Crippen molar-refractivity contribution in [2.24, 2.45) is 0 Å². The van der Waals surface area contributed by atoms with Crippen LogP contribution in [0.5, 0.6) is 5.75 Å². The summed E-state index contributed by atoms with van der Waals surface area (Å²) in [6.07, 6.45) is 1.32. The molecule has 20 heavy (non-hydrogen) atoms. The molecule has 1 rings (SSSR count). The van der Waals surface area contributed by atoms with Gasteiger partial charge in [0.2, 0.25) is 5.91 Å². The van der Waals surface area contributed by atoms with Crippen LogP contribution in [0.4, 0.5) is 0 Å². The Kier molecular flexibility index (Phi) is 5.95. The molecule has 1 heterocycles. The lowest BCUT2D eigenvalue weighted by molar-refractivity contribution is -0.123. The standard InChI is InChI=1S/C12H15N3O5/c1-8(16)13-5-6-14-10(17)7-20-9-3-2-4-15-11(9)12(18)19/h2-4H,5-7H2,1H3,(H,13,16)(H,14,17)(H,18,19). The van der Waals surface area contributed by atoms with E-state index < -0.39 is 11.9 Å². The third-order valence-electron chi connectivity index (χ3n) is 2.15. The van der Waals surface area contributed by atoms with Gasteiger partial charge in [-0.25, -0.2) is 9.78 Å². The number of hydrogen-bond acceptors (Lipinski definition) is 5. The molecule has 0 unspecified atom stereocenters. The fourth-order valence-electron chi connectivity index (χ4n) is 1.30. The highest BCUT2D eigenvalue weighted by atomic mass is 16.5. The predicted octanol–water partition coefficient (Wildman–Crippen LogP) is -0.589. The first-order chi connectivity index (χ1) is 9.50. The molecule has 108 valence electrons. The van der Waals surface area contributed by atoms with E-state index in [0.717, 1.165) is 0 Å². The second-order valence-corrected chi connectivity index (χ2v) is 3.78. The Bertz CT molecular complexity index is 504. The first-order valence-corrected chi connectivity index (χ1v) is 5.83. The molecule has 0 saturated carbocycles. The topological polar surface area (TPSA) is 118 Å². The summed E-state index contributed by atoms with van der Waals surface area (Å²) in [6, 6.07) is 2.93. The largest absolute Gasteiger partial charge is 0.481 e. The summed E-state index contributed by atoms with van der Waals surface area (Å²) in [5, 5.41) is 13.9. The Labute approximate surface area is 115 Å². The average Bonchev–Trinajstić information content (AvgIpc) is 2.41. The molecular weight excluding hydrogens is 266 g/mol. The third kappa shape index (κ3) is 5.34. The maximum atomic E-state index is 11.4. The molecule has 0 atom stereocenters. The van der Waals surface area contributed by atoms with Crippen molar-refractivity contribution in [2.45, 2.75) is 6.92 Å². The number of pyridine rings is 1. The van der Waals surface area contributed by atoms with Gasteiger partial charge in [-0.1, -0.05) is 0 Å². The molecule has 8 nitrogen and oxygen atoms in total. The minimum Gasteiger partial charge on any atom is -0.481 e. The van der Waals surface area contributed by atoms with E-state index in [1.54, 1.807) is 0 Å². The van der Waals surface area contributed by atoms with Crippen molar-refractivity contribution in [1.82, 2.24) is 15.6 Å². The first kappa shape index (κ1) is 15.4. The minimum atomic E-state index is -1.23. The maximum absolute atomic E-state index is 11.4. The maximum Gasteiger partial charge on any atom is 0.358 e. The Morgan fingerprint density at radius 3 is 2.65 bits per heavy atom. The van der Waals surface area contributed by atoms with Gasteiger partial charge in [0.05, 0.1) is 0 Å². The lowest BCUT2D eigenvalue weighted by Gasteiger charge is -2.09. The summed E-state index contributed by atoms with van der Waals surface area (Å²) in [4.78, 5) is 36.5. The molecule has 0 aliphatic heterocycles. The van der Waals surface area contributed by atoms with Crippen LogP contribution in [0.15, 0.2) is 18.3 Å². The van der Waals surface area contributed by atoms with Crippen LogP contribution in [0.3, 0.4) is 0 Å². The average molecular weight is 281 g/mol. The van der Waals surface area contributed by atoms with Crippen LogP contribution in [-0.4, -0.2) is 47.6 Å². The molecule has 0 radical (unpaired) electrons. The van der Waals surface area contributed by atoms with Crippen LogP contribution in [0.2, 0.25) is 0 Å². The number of rotatable bonds is 7. The summed E-state index contributed by atoms with van der Waals surface area (Å²) in [6.45, 7) is 1.63. The molecule has 1 aromatic heterocycles. The fraction of sp³-hybridized carbons (Fsp3) is 0.333. The van der Waals surface area contributed by atoms with Gasteiger partial charge < -0.3 is 20.5 Å². The van der Waals surface area contributed by atoms with Gasteiger partial charge in [-0.2, -0.15) is 0 Å². The van der Waals surface area contributed by atoms with Crippen LogP contribution in [0, 0.1) is 0 Å². The second-order valence-electron chi connectivity index (χ2n) is 3.78. The number of nitrogens with zero attached hydrogens (tertiary/aromatic N) is 1. The highest BCUT2D eigenvalue weighted by Crippen LogP contribution is 2.14. The molecule has 0 aliphatic carbocycles. The molecule has 0 aliphatic rings. The van der Waals surface area contributed by atoms with E-state index in [2.05, 4.69) is 15.6 Å². The van der Waals surface area contributed by atoms with Crippen molar-refractivity contribution in [1.29, 1.82) is 0 Å². The number of ether oxygens (including phenoxy) is 1.